The maximum absolute atomic E-state index is 12.2. The Labute approximate surface area is 149 Å². The number of thiophene rings is 1. The molecule has 2 aromatic heterocycles. The third-order valence-corrected chi connectivity index (χ3v) is 5.56. The van der Waals surface area contributed by atoms with Gasteiger partial charge in [0.05, 0.1) is 24.1 Å². The van der Waals surface area contributed by atoms with Crippen LogP contribution in [-0.4, -0.2) is 14.3 Å². The molecular formula is C17H16N2O4S2. The summed E-state index contributed by atoms with van der Waals surface area (Å²) in [5.74, 6) is 0.380. The monoisotopic (exact) mass is 376 g/mol. The maximum atomic E-state index is 12.2. The van der Waals surface area contributed by atoms with Gasteiger partial charge in [-0.1, -0.05) is 0 Å². The Hall–Kier alpha value is -2.42. The van der Waals surface area contributed by atoms with Crippen molar-refractivity contribution in [3.05, 3.63) is 70.8 Å². The van der Waals surface area contributed by atoms with E-state index in [1.807, 2.05) is 16.8 Å². The Balaban J connectivity index is 1.60. The molecule has 2 N–H and O–H groups in total. The zero-order valence-electron chi connectivity index (χ0n) is 13.1. The molecule has 0 saturated heterocycles. The number of anilines is 1. The van der Waals surface area contributed by atoms with Gasteiger partial charge < -0.3 is 9.73 Å². The van der Waals surface area contributed by atoms with Gasteiger partial charge in [-0.15, -0.1) is 0 Å². The summed E-state index contributed by atoms with van der Waals surface area (Å²) < 4.78 is 32.0. The fraction of sp³-hybridized carbons (Fsp3) is 0.118. The number of benzene rings is 1. The lowest BCUT2D eigenvalue weighted by atomic mass is 10.2. The Morgan fingerprint density at radius 2 is 1.92 bits per heavy atom. The van der Waals surface area contributed by atoms with Crippen LogP contribution in [0.1, 0.15) is 11.3 Å². The van der Waals surface area contributed by atoms with Crippen molar-refractivity contribution in [2.45, 2.75) is 17.9 Å². The standard InChI is InChI=1S/C17H16N2O4S2/c20-17(10-13-7-9-24-12-13)19-14-3-5-16(6-4-14)25(21,22)18-11-15-2-1-8-23-15/h1-9,12,18H,10-11H2,(H,19,20). The molecule has 8 heteroatoms. The number of hydrogen-bond donors (Lipinski definition) is 2. The molecule has 0 radical (unpaired) electrons. The van der Waals surface area contributed by atoms with Crippen LogP contribution >= 0.6 is 11.3 Å². The second-order valence-corrected chi connectivity index (χ2v) is 7.83. The zero-order valence-corrected chi connectivity index (χ0v) is 14.8. The lowest BCUT2D eigenvalue weighted by molar-refractivity contribution is -0.115. The van der Waals surface area contributed by atoms with Gasteiger partial charge in [0.1, 0.15) is 5.76 Å². The molecule has 1 amide bonds. The summed E-state index contributed by atoms with van der Waals surface area (Å²) in [5, 5.41) is 6.58. The molecule has 6 nitrogen and oxygen atoms in total. The summed E-state index contributed by atoms with van der Waals surface area (Å²) >= 11 is 1.54. The Bertz CT molecular complexity index is 916. The van der Waals surface area contributed by atoms with Crippen molar-refractivity contribution in [3.8, 4) is 0 Å². The number of furan rings is 1. The van der Waals surface area contributed by atoms with Gasteiger partial charge in [0.2, 0.25) is 15.9 Å². The highest BCUT2D eigenvalue weighted by Crippen LogP contribution is 2.15. The minimum atomic E-state index is -3.64. The molecule has 0 fully saturated rings. The van der Waals surface area contributed by atoms with Gasteiger partial charge in [-0.05, 0) is 58.8 Å². The van der Waals surface area contributed by atoms with Gasteiger partial charge in [0.25, 0.3) is 0 Å². The number of carbonyl (C=O) groups excluding carboxylic acids is 1. The number of nitrogens with one attached hydrogen (secondary N) is 2. The molecule has 2 heterocycles. The topological polar surface area (TPSA) is 88.4 Å². The summed E-state index contributed by atoms with van der Waals surface area (Å²) in [7, 11) is -3.64. The minimum Gasteiger partial charge on any atom is -0.468 e. The van der Waals surface area contributed by atoms with Gasteiger partial charge in [-0.25, -0.2) is 13.1 Å². The summed E-state index contributed by atoms with van der Waals surface area (Å²) in [6.45, 7) is 0.0778. The molecule has 25 heavy (non-hydrogen) atoms. The number of carbonyl (C=O) groups is 1. The number of amides is 1. The molecule has 0 aliphatic heterocycles. The van der Waals surface area contributed by atoms with E-state index in [1.54, 1.807) is 24.3 Å². The average Bonchev–Trinajstić information content (AvgIpc) is 3.27. The molecule has 0 bridgehead atoms. The first-order valence-electron chi connectivity index (χ1n) is 7.46. The van der Waals surface area contributed by atoms with Gasteiger partial charge >= 0.3 is 0 Å². The third-order valence-electron chi connectivity index (χ3n) is 3.41. The molecule has 0 spiro atoms. The lowest BCUT2D eigenvalue weighted by Gasteiger charge is -2.08. The fourth-order valence-corrected chi connectivity index (χ4v) is 3.83. The van der Waals surface area contributed by atoms with Crippen molar-refractivity contribution >= 4 is 33.0 Å². The van der Waals surface area contributed by atoms with E-state index >= 15 is 0 Å². The van der Waals surface area contributed by atoms with Crippen LogP contribution < -0.4 is 10.0 Å². The second kappa shape index (κ2) is 7.64. The highest BCUT2D eigenvalue weighted by Gasteiger charge is 2.14. The normalized spacial score (nSPS) is 11.4. The molecule has 3 rings (SSSR count). The van der Waals surface area contributed by atoms with Crippen LogP contribution in [0.15, 0.2) is 68.8 Å². The van der Waals surface area contributed by atoms with Crippen LogP contribution in [0.3, 0.4) is 0 Å². The van der Waals surface area contributed by atoms with Gasteiger partial charge in [-0.3, -0.25) is 4.79 Å². The number of rotatable bonds is 7. The summed E-state index contributed by atoms with van der Waals surface area (Å²) in [6.07, 6.45) is 1.77. The van der Waals surface area contributed by atoms with Crippen molar-refractivity contribution in [2.24, 2.45) is 0 Å². The minimum absolute atomic E-state index is 0.0778. The molecule has 0 atom stereocenters. The van der Waals surface area contributed by atoms with E-state index in [-0.39, 0.29) is 23.8 Å². The molecule has 130 valence electrons. The van der Waals surface area contributed by atoms with Crippen molar-refractivity contribution in [3.63, 3.8) is 0 Å². The summed E-state index contributed by atoms with van der Waals surface area (Å²) in [5.41, 5.74) is 1.49. The van der Waals surface area contributed by atoms with E-state index in [0.717, 1.165) is 5.56 Å². The number of sulfonamides is 1. The van der Waals surface area contributed by atoms with Crippen LogP contribution in [0.5, 0.6) is 0 Å². The second-order valence-electron chi connectivity index (χ2n) is 5.28. The van der Waals surface area contributed by atoms with E-state index in [9.17, 15) is 13.2 Å². The molecule has 1 aromatic carbocycles. The summed E-state index contributed by atoms with van der Waals surface area (Å²) in [6, 6.07) is 11.3. The Kier molecular flexibility index (Phi) is 5.32. The Morgan fingerprint density at radius 1 is 1.12 bits per heavy atom. The average molecular weight is 376 g/mol. The van der Waals surface area contributed by atoms with Crippen LogP contribution in [0.2, 0.25) is 0 Å². The molecular weight excluding hydrogens is 360 g/mol. The van der Waals surface area contributed by atoms with Crippen LogP contribution in [0.25, 0.3) is 0 Å². The van der Waals surface area contributed by atoms with Crippen molar-refractivity contribution in [1.82, 2.24) is 4.72 Å². The predicted octanol–water partition coefficient (Wildman–Crippen LogP) is 3.00. The third kappa shape index (κ3) is 4.79. The molecule has 0 unspecified atom stereocenters. The fourth-order valence-electron chi connectivity index (χ4n) is 2.16. The van der Waals surface area contributed by atoms with Crippen LogP contribution in [-0.2, 0) is 27.8 Å². The molecule has 3 aromatic rings. The molecule has 0 aliphatic rings. The number of hydrogen-bond acceptors (Lipinski definition) is 5. The van der Waals surface area contributed by atoms with E-state index in [2.05, 4.69) is 10.0 Å². The van der Waals surface area contributed by atoms with E-state index in [0.29, 0.717) is 11.4 Å². The highest BCUT2D eigenvalue weighted by atomic mass is 32.2. The zero-order chi connectivity index (χ0) is 17.7. The quantitative estimate of drug-likeness (QED) is 0.663. The highest BCUT2D eigenvalue weighted by molar-refractivity contribution is 7.89. The van der Waals surface area contributed by atoms with Crippen molar-refractivity contribution in [2.75, 3.05) is 5.32 Å². The van der Waals surface area contributed by atoms with Crippen molar-refractivity contribution < 1.29 is 17.6 Å². The molecule has 0 saturated carbocycles. The SMILES string of the molecule is O=C(Cc1ccsc1)Nc1ccc(S(=O)(=O)NCc2ccco2)cc1. The van der Waals surface area contributed by atoms with E-state index in [1.165, 1.54) is 29.7 Å². The van der Waals surface area contributed by atoms with Crippen LogP contribution in [0, 0.1) is 0 Å². The van der Waals surface area contributed by atoms with Gasteiger partial charge in [-0.2, -0.15) is 11.3 Å². The predicted molar refractivity (Wildman–Crippen MR) is 95.8 cm³/mol. The first-order valence-corrected chi connectivity index (χ1v) is 9.88. The first-order chi connectivity index (χ1) is 12.0. The van der Waals surface area contributed by atoms with Gasteiger partial charge in [0, 0.05) is 5.69 Å². The maximum Gasteiger partial charge on any atom is 0.240 e. The van der Waals surface area contributed by atoms with Gasteiger partial charge in [0.15, 0.2) is 0 Å². The Morgan fingerprint density at radius 3 is 2.56 bits per heavy atom. The van der Waals surface area contributed by atoms with Crippen LogP contribution in [0.4, 0.5) is 5.69 Å². The first kappa shape index (κ1) is 17.4. The lowest BCUT2D eigenvalue weighted by Crippen LogP contribution is -2.23. The van der Waals surface area contributed by atoms with E-state index in [4.69, 9.17) is 4.42 Å². The smallest absolute Gasteiger partial charge is 0.240 e. The molecule has 0 aliphatic carbocycles. The van der Waals surface area contributed by atoms with E-state index < -0.39 is 10.0 Å². The van der Waals surface area contributed by atoms with Crippen molar-refractivity contribution in [1.29, 1.82) is 0 Å². The summed E-state index contributed by atoms with van der Waals surface area (Å²) in [4.78, 5) is 12.1. The largest absolute Gasteiger partial charge is 0.468 e.